The topological polar surface area (TPSA) is 3.24 Å². The van der Waals surface area contributed by atoms with Crippen LogP contribution >= 0.6 is 0 Å². The van der Waals surface area contributed by atoms with Gasteiger partial charge >= 0.3 is 75.8 Å². The summed E-state index contributed by atoms with van der Waals surface area (Å²) in [5.74, 6) is 0. The van der Waals surface area contributed by atoms with Crippen molar-refractivity contribution in [1.29, 1.82) is 0 Å². The fourth-order valence-corrected chi connectivity index (χ4v) is 1.50. The Kier molecular flexibility index (Phi) is 2.25. The van der Waals surface area contributed by atoms with Crippen molar-refractivity contribution in [2.75, 3.05) is 6.54 Å². The molecule has 0 aromatic carbocycles. The molecule has 2 aliphatic rings. The van der Waals surface area contributed by atoms with Gasteiger partial charge < -0.3 is 0 Å². The molecule has 1 nitrogen and oxygen atoms in total. The van der Waals surface area contributed by atoms with E-state index in [1.807, 2.05) is 0 Å². The van der Waals surface area contributed by atoms with E-state index >= 15 is 0 Å². The van der Waals surface area contributed by atoms with E-state index in [0.29, 0.717) is 0 Å². The van der Waals surface area contributed by atoms with Crippen LogP contribution in [0.2, 0.25) is 0 Å². The van der Waals surface area contributed by atoms with E-state index in [-0.39, 0.29) is 0 Å². The third-order valence-corrected chi connectivity index (χ3v) is 2.44. The van der Waals surface area contributed by atoms with Gasteiger partial charge in [0, 0.05) is 0 Å². The summed E-state index contributed by atoms with van der Waals surface area (Å²) in [4.78, 5) is 2.27. The van der Waals surface area contributed by atoms with Crippen molar-refractivity contribution in [3.63, 3.8) is 0 Å². The molecule has 0 fully saturated rings. The van der Waals surface area contributed by atoms with Gasteiger partial charge in [0.1, 0.15) is 0 Å². The van der Waals surface area contributed by atoms with E-state index in [1.54, 1.807) is 0 Å². The van der Waals surface area contributed by atoms with Gasteiger partial charge in [-0.1, -0.05) is 0 Å². The molecule has 12 heavy (non-hydrogen) atoms. The Morgan fingerprint density at radius 1 is 1.17 bits per heavy atom. The molecule has 0 aliphatic carbocycles. The molecule has 6 heteroatoms. The summed E-state index contributed by atoms with van der Waals surface area (Å²) >= 11 is 0. The van der Waals surface area contributed by atoms with Gasteiger partial charge in [0.2, 0.25) is 0 Å². The van der Waals surface area contributed by atoms with Crippen molar-refractivity contribution in [2.24, 2.45) is 0 Å². The first-order valence-electron chi connectivity index (χ1n) is 4.27. The van der Waals surface area contributed by atoms with Crippen molar-refractivity contribution in [2.45, 2.75) is 13.8 Å². The fraction of sp³-hybridized carbons (Fsp3) is 0.500. The molecule has 2 aliphatic heterocycles. The van der Waals surface area contributed by atoms with Gasteiger partial charge in [0.05, 0.1) is 0 Å². The second-order valence-electron chi connectivity index (χ2n) is 3.32. The van der Waals surface area contributed by atoms with Crippen LogP contribution in [-0.4, -0.2) is 61.9 Å². The van der Waals surface area contributed by atoms with E-state index in [0.717, 1.165) is 6.54 Å². The normalized spacial score (nSPS) is 17.8. The molecule has 0 aromatic rings. The summed E-state index contributed by atoms with van der Waals surface area (Å²) in [6.07, 6.45) is 0. The number of hydrogen-bond donors (Lipinski definition) is 0. The van der Waals surface area contributed by atoms with Gasteiger partial charge in [0.15, 0.2) is 0 Å². The average molecular weight is 148 g/mol. The molecule has 0 amide bonds. The number of fused-ring (bicyclic) bond motifs is 2. The SMILES string of the molecule is CC1=BB=C(C)N2B=BB=C1C2. The molecule has 0 saturated heterocycles. The van der Waals surface area contributed by atoms with Crippen LogP contribution in [0.25, 0.3) is 0 Å². The number of rotatable bonds is 0. The van der Waals surface area contributed by atoms with Gasteiger partial charge in [-0.3, -0.25) is 0 Å². The van der Waals surface area contributed by atoms with E-state index in [1.165, 1.54) is 16.5 Å². The summed E-state index contributed by atoms with van der Waals surface area (Å²) in [6, 6.07) is 0. The van der Waals surface area contributed by atoms with E-state index in [4.69, 9.17) is 0 Å². The molecule has 0 unspecified atom stereocenters. The summed E-state index contributed by atoms with van der Waals surface area (Å²) in [7, 11) is 0. The second-order valence-corrected chi connectivity index (χ2v) is 3.32. The van der Waals surface area contributed by atoms with Gasteiger partial charge in [-0.05, 0) is 0 Å². The molecular weight excluding hydrogens is 140 g/mol. The first kappa shape index (κ1) is 8.34. The Morgan fingerprint density at radius 3 is 2.83 bits per heavy atom. The van der Waals surface area contributed by atoms with Gasteiger partial charge in [-0.2, -0.15) is 0 Å². The van der Waals surface area contributed by atoms with Crippen molar-refractivity contribution in [1.82, 2.24) is 4.81 Å². The van der Waals surface area contributed by atoms with Crippen LogP contribution in [0.15, 0.2) is 0 Å². The quantitative estimate of drug-likeness (QED) is 0.360. The maximum atomic E-state index is 2.27. The molecule has 0 aromatic heterocycles. The van der Waals surface area contributed by atoms with Crippen molar-refractivity contribution in [3.05, 3.63) is 0 Å². The first-order valence-corrected chi connectivity index (χ1v) is 4.27. The molecule has 0 radical (unpaired) electrons. The molecule has 0 atom stereocenters. The van der Waals surface area contributed by atoms with Crippen LogP contribution < -0.4 is 0 Å². The van der Waals surface area contributed by atoms with E-state index < -0.39 is 0 Å². The zero-order valence-corrected chi connectivity index (χ0v) is 7.54. The van der Waals surface area contributed by atoms with Crippen LogP contribution in [0, 0.1) is 0 Å². The van der Waals surface area contributed by atoms with Gasteiger partial charge in [-0.25, -0.2) is 0 Å². The van der Waals surface area contributed by atoms with E-state index in [2.05, 4.69) is 52.7 Å². The Morgan fingerprint density at radius 2 is 2.00 bits per heavy atom. The third-order valence-electron chi connectivity index (χ3n) is 2.44. The molecule has 2 rings (SSSR count). The molecule has 0 saturated carbocycles. The summed E-state index contributed by atoms with van der Waals surface area (Å²) in [5, 5.41) is 0. The summed E-state index contributed by atoms with van der Waals surface area (Å²) in [6.45, 7) is 16.1. The standard InChI is InChI=1S/C6H8B5N/c1-4-6-3-12(11-10-9-6)5(2)8-7-4/h3H2,1-2H3. The summed E-state index contributed by atoms with van der Waals surface area (Å²) in [5.41, 5.74) is 4.11. The molecule has 2 bridgehead atoms. The van der Waals surface area contributed by atoms with Gasteiger partial charge in [0.25, 0.3) is 0 Å². The fourth-order valence-electron chi connectivity index (χ4n) is 1.50. The number of hydrogen-bond acceptors (Lipinski definition) is 1. The Labute approximate surface area is 76.3 Å². The Hall–Kier alpha value is -0.265. The minimum atomic E-state index is 1.03. The molecule has 52 valence electrons. The molecule has 0 N–H and O–H groups in total. The first-order chi connectivity index (χ1) is 5.77. The Balaban J connectivity index is 2.45. The molecule has 2 heterocycles. The second kappa shape index (κ2) is 3.23. The average Bonchev–Trinajstić information content (AvgIpc) is 2.20. The van der Waals surface area contributed by atoms with Crippen LogP contribution in [0.5, 0.6) is 0 Å². The van der Waals surface area contributed by atoms with Crippen LogP contribution in [0.4, 0.5) is 0 Å². The maximum absolute atomic E-state index is 2.27. The van der Waals surface area contributed by atoms with Gasteiger partial charge in [-0.15, -0.1) is 0 Å². The predicted octanol–water partition coefficient (Wildman–Crippen LogP) is -1.99. The molecule has 0 spiro atoms. The van der Waals surface area contributed by atoms with E-state index in [9.17, 15) is 0 Å². The Bertz CT molecular complexity index is 327. The monoisotopic (exact) mass is 149 g/mol. The van der Waals surface area contributed by atoms with Crippen molar-refractivity contribution >= 4 is 50.6 Å². The predicted molar refractivity (Wildman–Crippen MR) is 61.8 cm³/mol. The van der Waals surface area contributed by atoms with Crippen LogP contribution in [0.3, 0.4) is 0 Å². The van der Waals surface area contributed by atoms with Crippen molar-refractivity contribution in [3.8, 4) is 0 Å². The van der Waals surface area contributed by atoms with Crippen LogP contribution in [-0.2, 0) is 0 Å². The zero-order valence-electron chi connectivity index (χ0n) is 7.54. The number of nitrogens with zero attached hydrogens (tertiary/aromatic N) is 1. The third kappa shape index (κ3) is 1.44. The minimum absolute atomic E-state index is 1.03. The van der Waals surface area contributed by atoms with Crippen molar-refractivity contribution < 1.29 is 0 Å². The summed E-state index contributed by atoms with van der Waals surface area (Å²) < 4.78 is 0. The zero-order chi connectivity index (χ0) is 8.55. The molecular formula is C6H8B5N. The van der Waals surface area contributed by atoms with Crippen LogP contribution in [0.1, 0.15) is 13.8 Å².